The van der Waals surface area contributed by atoms with E-state index in [2.05, 4.69) is 16.7 Å². The Bertz CT molecular complexity index is 122. The molecule has 0 aliphatic rings. The van der Waals surface area contributed by atoms with Gasteiger partial charge in [0.1, 0.15) is 0 Å². The molecule has 0 saturated carbocycles. The van der Waals surface area contributed by atoms with Gasteiger partial charge < -0.3 is 4.99 Å². The van der Waals surface area contributed by atoms with Crippen molar-refractivity contribution in [3.05, 3.63) is 30.6 Å². The molecule has 2 nitrogen and oxygen atoms in total. The quantitative estimate of drug-likeness (QED) is 0.540. The van der Waals surface area contributed by atoms with Crippen molar-refractivity contribution >= 4 is 6.72 Å². The molecule has 0 saturated heterocycles. The second-order valence-electron chi connectivity index (χ2n) is 1.56. The summed E-state index contributed by atoms with van der Waals surface area (Å²) in [4.78, 5) is 7.27. The van der Waals surface area contributed by atoms with Gasteiger partial charge in [0.15, 0.2) is 0 Å². The monoisotopic (exact) mass is 136 g/mol. The number of hydrogen-bond acceptors (Lipinski definition) is 2. The largest absolute Gasteiger partial charge is 0.301 e. The average Bonchev–Trinajstić information content (AvgIpc) is 2.08. The Morgan fingerprint density at radius 2 is 1.80 bits per heavy atom. The lowest BCUT2D eigenvalue weighted by molar-refractivity contribution is 1.15. The molecule has 0 unspecified atom stereocenters. The summed E-state index contributed by atoms with van der Waals surface area (Å²) in [5.74, 6) is 0. The lowest BCUT2D eigenvalue weighted by Crippen LogP contribution is -1.58. The number of pyridine rings is 1. The smallest absolute Gasteiger partial charge is 0.0353 e. The Labute approximate surface area is 61.6 Å². The van der Waals surface area contributed by atoms with Crippen molar-refractivity contribution < 1.29 is 0 Å². The highest BCUT2D eigenvalue weighted by Gasteiger charge is 1.58. The van der Waals surface area contributed by atoms with Crippen LogP contribution in [-0.4, -0.2) is 18.2 Å². The normalized spacial score (nSPS) is 7.30. The molecular weight excluding hydrogens is 124 g/mol. The standard InChI is InChI=1S/C5H5N.C3H7N/c1-2-4-6-5-3-1;1-3-4-2/h1-5H;2-3H2,1H3. The number of nitrogens with zero attached hydrogens (tertiary/aromatic N) is 2. The lowest BCUT2D eigenvalue weighted by Gasteiger charge is -1.70. The first-order chi connectivity index (χ1) is 4.91. The molecule has 54 valence electrons. The first-order valence-corrected chi connectivity index (χ1v) is 3.19. The second kappa shape index (κ2) is 7.82. The topological polar surface area (TPSA) is 25.2 Å². The van der Waals surface area contributed by atoms with E-state index in [9.17, 15) is 0 Å². The van der Waals surface area contributed by atoms with E-state index < -0.39 is 0 Å². The van der Waals surface area contributed by atoms with Crippen molar-refractivity contribution in [1.82, 2.24) is 4.98 Å². The fourth-order valence-electron chi connectivity index (χ4n) is 0.313. The first-order valence-electron chi connectivity index (χ1n) is 3.19. The van der Waals surface area contributed by atoms with Gasteiger partial charge in [0.05, 0.1) is 0 Å². The van der Waals surface area contributed by atoms with Gasteiger partial charge in [-0.05, 0) is 25.8 Å². The van der Waals surface area contributed by atoms with Crippen LogP contribution in [0.1, 0.15) is 6.92 Å². The van der Waals surface area contributed by atoms with Gasteiger partial charge in [0.2, 0.25) is 0 Å². The number of aliphatic imine (C=N–C) groups is 1. The van der Waals surface area contributed by atoms with E-state index in [4.69, 9.17) is 0 Å². The molecule has 1 aromatic heterocycles. The third kappa shape index (κ3) is 6.82. The lowest BCUT2D eigenvalue weighted by atomic mass is 10.5. The van der Waals surface area contributed by atoms with Crippen LogP contribution in [0.4, 0.5) is 0 Å². The highest BCUT2D eigenvalue weighted by Crippen LogP contribution is 1.73. The van der Waals surface area contributed by atoms with Crippen LogP contribution in [0.2, 0.25) is 0 Å². The van der Waals surface area contributed by atoms with Crippen molar-refractivity contribution in [2.45, 2.75) is 6.92 Å². The van der Waals surface area contributed by atoms with Crippen molar-refractivity contribution in [2.75, 3.05) is 6.54 Å². The zero-order valence-electron chi connectivity index (χ0n) is 6.20. The van der Waals surface area contributed by atoms with Crippen LogP contribution < -0.4 is 0 Å². The van der Waals surface area contributed by atoms with Crippen LogP contribution in [0.25, 0.3) is 0 Å². The summed E-state index contributed by atoms with van der Waals surface area (Å²) >= 11 is 0. The van der Waals surface area contributed by atoms with Gasteiger partial charge in [-0.15, -0.1) is 0 Å². The molecular formula is C8H12N2. The number of hydrogen-bond donors (Lipinski definition) is 0. The third-order valence-corrected chi connectivity index (χ3v) is 0.790. The summed E-state index contributed by atoms with van der Waals surface area (Å²) < 4.78 is 0. The molecule has 0 N–H and O–H groups in total. The minimum atomic E-state index is 0.833. The van der Waals surface area contributed by atoms with Crippen LogP contribution >= 0.6 is 0 Å². The molecule has 1 aromatic rings. The van der Waals surface area contributed by atoms with Gasteiger partial charge in [0.25, 0.3) is 0 Å². The van der Waals surface area contributed by atoms with Gasteiger partial charge in [-0.1, -0.05) is 6.07 Å². The minimum absolute atomic E-state index is 0.833. The summed E-state index contributed by atoms with van der Waals surface area (Å²) in [7, 11) is 0. The van der Waals surface area contributed by atoms with E-state index in [1.807, 2.05) is 25.1 Å². The number of rotatable bonds is 1. The van der Waals surface area contributed by atoms with Crippen molar-refractivity contribution in [3.8, 4) is 0 Å². The maximum atomic E-state index is 3.78. The maximum Gasteiger partial charge on any atom is 0.0353 e. The van der Waals surface area contributed by atoms with E-state index in [1.54, 1.807) is 12.4 Å². The molecule has 0 atom stereocenters. The highest BCUT2D eigenvalue weighted by molar-refractivity contribution is 5.22. The Hall–Kier alpha value is -1.18. The van der Waals surface area contributed by atoms with Crippen LogP contribution in [-0.2, 0) is 0 Å². The van der Waals surface area contributed by atoms with Crippen molar-refractivity contribution in [3.63, 3.8) is 0 Å². The van der Waals surface area contributed by atoms with E-state index in [1.165, 1.54) is 0 Å². The van der Waals surface area contributed by atoms with Gasteiger partial charge in [-0.3, -0.25) is 4.98 Å². The van der Waals surface area contributed by atoms with Gasteiger partial charge in [-0.2, -0.15) is 0 Å². The fourth-order valence-corrected chi connectivity index (χ4v) is 0.313. The molecule has 2 heteroatoms. The highest BCUT2D eigenvalue weighted by atomic mass is 14.6. The van der Waals surface area contributed by atoms with Gasteiger partial charge in [-0.25, -0.2) is 0 Å². The van der Waals surface area contributed by atoms with E-state index in [-0.39, 0.29) is 0 Å². The van der Waals surface area contributed by atoms with Crippen molar-refractivity contribution in [2.24, 2.45) is 4.99 Å². The Balaban J connectivity index is 0.000000180. The molecule has 0 bridgehead atoms. The molecule has 0 aromatic carbocycles. The summed E-state index contributed by atoms with van der Waals surface area (Å²) in [6.07, 6.45) is 3.50. The maximum absolute atomic E-state index is 3.78. The number of aromatic nitrogens is 1. The predicted octanol–water partition coefficient (Wildman–Crippen LogP) is 1.79. The molecule has 0 amide bonds. The first kappa shape index (κ1) is 8.82. The molecule has 0 fully saturated rings. The molecule has 1 rings (SSSR count). The molecule has 1 heterocycles. The van der Waals surface area contributed by atoms with Crippen LogP contribution in [0.15, 0.2) is 35.6 Å². The Morgan fingerprint density at radius 3 is 1.90 bits per heavy atom. The average molecular weight is 136 g/mol. The molecule has 0 aliphatic carbocycles. The SMILES string of the molecule is C=NCC.c1ccncc1. The Morgan fingerprint density at radius 1 is 1.30 bits per heavy atom. The van der Waals surface area contributed by atoms with Crippen LogP contribution in [0.3, 0.4) is 0 Å². The third-order valence-electron chi connectivity index (χ3n) is 0.790. The molecule has 10 heavy (non-hydrogen) atoms. The summed E-state index contributed by atoms with van der Waals surface area (Å²) in [5, 5.41) is 0. The summed E-state index contributed by atoms with van der Waals surface area (Å²) in [6.45, 7) is 6.01. The van der Waals surface area contributed by atoms with E-state index >= 15 is 0 Å². The Kier molecular flexibility index (Phi) is 6.90. The molecule has 0 radical (unpaired) electrons. The van der Waals surface area contributed by atoms with E-state index in [0.29, 0.717) is 0 Å². The second-order valence-corrected chi connectivity index (χ2v) is 1.56. The summed E-state index contributed by atoms with van der Waals surface area (Å²) in [6, 6.07) is 5.72. The summed E-state index contributed by atoms with van der Waals surface area (Å²) in [5.41, 5.74) is 0. The van der Waals surface area contributed by atoms with Crippen LogP contribution in [0, 0.1) is 0 Å². The van der Waals surface area contributed by atoms with E-state index in [0.717, 1.165) is 6.54 Å². The van der Waals surface area contributed by atoms with Gasteiger partial charge in [0, 0.05) is 18.9 Å². The molecule has 0 spiro atoms. The van der Waals surface area contributed by atoms with Crippen molar-refractivity contribution in [1.29, 1.82) is 0 Å². The minimum Gasteiger partial charge on any atom is -0.301 e. The van der Waals surface area contributed by atoms with Gasteiger partial charge >= 0.3 is 0 Å². The predicted molar refractivity (Wildman–Crippen MR) is 44.3 cm³/mol. The fraction of sp³-hybridized carbons (Fsp3) is 0.250. The molecule has 0 aliphatic heterocycles. The van der Waals surface area contributed by atoms with Crippen LogP contribution in [0.5, 0.6) is 0 Å². The zero-order valence-corrected chi connectivity index (χ0v) is 6.20. The zero-order chi connectivity index (χ0) is 7.66.